The van der Waals surface area contributed by atoms with Crippen LogP contribution in [0.4, 0.5) is 11.4 Å². The van der Waals surface area contributed by atoms with E-state index in [1.54, 1.807) is 0 Å². The molecular formula is C29H24N2O. The molecule has 0 spiro atoms. The molecule has 32 heavy (non-hydrogen) atoms. The summed E-state index contributed by atoms with van der Waals surface area (Å²) in [4.78, 5) is 20.9. The van der Waals surface area contributed by atoms with Crippen LogP contribution in [0, 0.1) is 6.92 Å². The fourth-order valence-electron chi connectivity index (χ4n) is 4.24. The van der Waals surface area contributed by atoms with E-state index in [1.165, 1.54) is 0 Å². The van der Waals surface area contributed by atoms with Crippen molar-refractivity contribution in [1.29, 1.82) is 0 Å². The van der Waals surface area contributed by atoms with Crippen molar-refractivity contribution in [3.8, 4) is 0 Å². The second-order valence-electron chi connectivity index (χ2n) is 8.09. The second-order valence-corrected chi connectivity index (χ2v) is 8.09. The second kappa shape index (κ2) is 8.64. The number of carbonyl (C=O) groups is 1. The zero-order chi connectivity index (χ0) is 21.9. The summed E-state index contributed by atoms with van der Waals surface area (Å²) in [6.45, 7) is 2.03. The molecule has 1 aliphatic rings. The number of aryl methyl sites for hydroxylation is 1. The summed E-state index contributed by atoms with van der Waals surface area (Å²) in [5.74, 6) is -0.0178. The SMILES string of the molecule is Cc1ccc(C(=O)N2c3ccccc3N=C(c3ccccc3)C[C@@H]2c2ccccc2)cc1. The molecule has 1 heterocycles. The third kappa shape index (κ3) is 3.85. The van der Waals surface area contributed by atoms with Crippen molar-refractivity contribution in [2.45, 2.75) is 19.4 Å². The van der Waals surface area contributed by atoms with Gasteiger partial charge in [0.25, 0.3) is 5.91 Å². The summed E-state index contributed by atoms with van der Waals surface area (Å²) in [5, 5.41) is 0. The van der Waals surface area contributed by atoms with E-state index < -0.39 is 0 Å². The van der Waals surface area contributed by atoms with Gasteiger partial charge in [-0.2, -0.15) is 0 Å². The van der Waals surface area contributed by atoms with Crippen LogP contribution in [-0.4, -0.2) is 11.6 Å². The summed E-state index contributed by atoms with van der Waals surface area (Å²) < 4.78 is 0. The van der Waals surface area contributed by atoms with Gasteiger partial charge in [-0.1, -0.05) is 90.5 Å². The summed E-state index contributed by atoms with van der Waals surface area (Å²) in [6.07, 6.45) is 0.625. The number of hydrogen-bond donors (Lipinski definition) is 0. The van der Waals surface area contributed by atoms with Crippen LogP contribution in [0.25, 0.3) is 0 Å². The van der Waals surface area contributed by atoms with Crippen LogP contribution in [-0.2, 0) is 0 Å². The number of rotatable bonds is 3. The van der Waals surface area contributed by atoms with Crippen LogP contribution < -0.4 is 4.90 Å². The molecule has 0 radical (unpaired) electrons. The molecule has 0 bridgehead atoms. The molecule has 0 saturated heterocycles. The fourth-order valence-corrected chi connectivity index (χ4v) is 4.24. The number of nitrogens with zero attached hydrogens (tertiary/aromatic N) is 2. The Morgan fingerprint density at radius 2 is 1.41 bits per heavy atom. The van der Waals surface area contributed by atoms with Crippen molar-refractivity contribution in [2.75, 3.05) is 4.90 Å². The first kappa shape index (κ1) is 20.0. The van der Waals surface area contributed by atoms with Crippen LogP contribution >= 0.6 is 0 Å². The van der Waals surface area contributed by atoms with E-state index in [0.717, 1.165) is 33.8 Å². The lowest BCUT2D eigenvalue weighted by Crippen LogP contribution is -2.35. The predicted octanol–water partition coefficient (Wildman–Crippen LogP) is 6.91. The van der Waals surface area contributed by atoms with E-state index in [-0.39, 0.29) is 11.9 Å². The molecule has 1 aliphatic heterocycles. The summed E-state index contributed by atoms with van der Waals surface area (Å²) >= 11 is 0. The highest BCUT2D eigenvalue weighted by atomic mass is 16.2. The van der Waals surface area contributed by atoms with Gasteiger partial charge in [0.05, 0.1) is 23.1 Å². The first-order chi connectivity index (χ1) is 15.7. The Balaban J connectivity index is 1.69. The number of carbonyl (C=O) groups excluding carboxylic acids is 1. The van der Waals surface area contributed by atoms with Gasteiger partial charge in [0.2, 0.25) is 0 Å². The van der Waals surface area contributed by atoms with Crippen molar-refractivity contribution >= 4 is 23.0 Å². The molecule has 156 valence electrons. The van der Waals surface area contributed by atoms with Gasteiger partial charge in [0.1, 0.15) is 0 Å². The first-order valence-corrected chi connectivity index (χ1v) is 10.9. The Bertz CT molecular complexity index is 1260. The molecule has 3 nitrogen and oxygen atoms in total. The Morgan fingerprint density at radius 3 is 2.12 bits per heavy atom. The summed E-state index contributed by atoms with van der Waals surface area (Å²) in [7, 11) is 0. The lowest BCUT2D eigenvalue weighted by Gasteiger charge is -2.32. The molecule has 0 N–H and O–H groups in total. The quantitative estimate of drug-likeness (QED) is 0.357. The lowest BCUT2D eigenvalue weighted by atomic mass is 9.95. The largest absolute Gasteiger partial charge is 0.298 e. The highest BCUT2D eigenvalue weighted by molar-refractivity contribution is 6.11. The van der Waals surface area contributed by atoms with Gasteiger partial charge >= 0.3 is 0 Å². The molecule has 1 atom stereocenters. The molecule has 0 fully saturated rings. The number of amides is 1. The maximum absolute atomic E-state index is 13.9. The minimum absolute atomic E-state index is 0.0178. The van der Waals surface area contributed by atoms with Crippen LogP contribution in [0.15, 0.2) is 114 Å². The van der Waals surface area contributed by atoms with Crippen molar-refractivity contribution in [2.24, 2.45) is 4.99 Å². The zero-order valence-corrected chi connectivity index (χ0v) is 18.0. The van der Waals surface area contributed by atoms with Gasteiger partial charge in [0.15, 0.2) is 0 Å². The van der Waals surface area contributed by atoms with E-state index in [2.05, 4.69) is 24.3 Å². The Morgan fingerprint density at radius 1 is 0.781 bits per heavy atom. The smallest absolute Gasteiger partial charge is 0.258 e. The van der Waals surface area contributed by atoms with Crippen molar-refractivity contribution < 1.29 is 4.79 Å². The molecule has 0 aliphatic carbocycles. The number of hydrogen-bond acceptors (Lipinski definition) is 2. The van der Waals surface area contributed by atoms with Gasteiger partial charge in [-0.05, 0) is 42.3 Å². The monoisotopic (exact) mass is 416 g/mol. The van der Waals surface area contributed by atoms with Gasteiger partial charge in [-0.15, -0.1) is 0 Å². The predicted molar refractivity (Wildman–Crippen MR) is 131 cm³/mol. The van der Waals surface area contributed by atoms with E-state index in [1.807, 2.05) is 96.8 Å². The Hall–Kier alpha value is -3.98. The molecule has 0 saturated carbocycles. The molecule has 0 unspecified atom stereocenters. The first-order valence-electron chi connectivity index (χ1n) is 10.9. The molecule has 4 aromatic carbocycles. The topological polar surface area (TPSA) is 32.7 Å². The Labute approximate surface area is 188 Å². The number of aliphatic imine (C=N–C) groups is 1. The lowest BCUT2D eigenvalue weighted by molar-refractivity contribution is 0.0977. The molecule has 4 aromatic rings. The third-order valence-corrected chi connectivity index (χ3v) is 5.90. The van der Waals surface area contributed by atoms with E-state index in [9.17, 15) is 4.79 Å². The van der Waals surface area contributed by atoms with E-state index in [4.69, 9.17) is 4.99 Å². The van der Waals surface area contributed by atoms with Gasteiger partial charge in [0, 0.05) is 12.0 Å². The number of benzene rings is 4. The van der Waals surface area contributed by atoms with Gasteiger partial charge in [-0.25, -0.2) is 0 Å². The van der Waals surface area contributed by atoms with Crippen molar-refractivity contribution in [3.63, 3.8) is 0 Å². The highest BCUT2D eigenvalue weighted by Crippen LogP contribution is 2.41. The molecule has 3 heteroatoms. The zero-order valence-electron chi connectivity index (χ0n) is 18.0. The van der Waals surface area contributed by atoms with Gasteiger partial charge in [-0.3, -0.25) is 14.7 Å². The maximum atomic E-state index is 13.9. The van der Waals surface area contributed by atoms with Crippen LogP contribution in [0.1, 0.15) is 39.5 Å². The average Bonchev–Trinajstić information content (AvgIpc) is 3.02. The molecule has 1 amide bonds. The maximum Gasteiger partial charge on any atom is 0.258 e. The minimum Gasteiger partial charge on any atom is -0.298 e. The number of para-hydroxylation sites is 2. The summed E-state index contributed by atoms with van der Waals surface area (Å²) in [6, 6.07) is 36.0. The highest BCUT2D eigenvalue weighted by Gasteiger charge is 2.33. The molecule has 5 rings (SSSR count). The number of fused-ring (bicyclic) bond motifs is 1. The van der Waals surface area contributed by atoms with Crippen LogP contribution in [0.2, 0.25) is 0 Å². The van der Waals surface area contributed by atoms with Crippen LogP contribution in [0.5, 0.6) is 0 Å². The van der Waals surface area contributed by atoms with Crippen molar-refractivity contribution in [3.05, 3.63) is 131 Å². The van der Waals surface area contributed by atoms with E-state index in [0.29, 0.717) is 12.0 Å². The normalized spacial score (nSPS) is 15.5. The van der Waals surface area contributed by atoms with Gasteiger partial charge < -0.3 is 0 Å². The average molecular weight is 417 g/mol. The van der Waals surface area contributed by atoms with Crippen LogP contribution in [0.3, 0.4) is 0 Å². The standard InChI is InChI=1S/C29H24N2O/c1-21-16-18-24(19-17-21)29(32)31-27-15-9-8-14-25(27)30-26(22-10-4-2-5-11-22)20-28(31)23-12-6-3-7-13-23/h2-19,28H,20H2,1H3/t28-/m1/s1. The number of anilines is 1. The minimum atomic E-state index is -0.174. The molecular weight excluding hydrogens is 392 g/mol. The van der Waals surface area contributed by atoms with E-state index >= 15 is 0 Å². The third-order valence-electron chi connectivity index (χ3n) is 5.90. The van der Waals surface area contributed by atoms with Crippen molar-refractivity contribution in [1.82, 2.24) is 0 Å². The molecule has 0 aromatic heterocycles. The Kier molecular flexibility index (Phi) is 5.39. The fraction of sp³-hybridized carbons (Fsp3) is 0.103. The summed E-state index contributed by atoms with van der Waals surface area (Å²) in [5.41, 5.74) is 6.59.